The maximum Gasteiger partial charge on any atom is 0.138 e. The normalized spacial score (nSPS) is 66.1. The van der Waals surface area contributed by atoms with Crippen LogP contribution in [0.2, 0.25) is 0 Å². The van der Waals surface area contributed by atoms with Crippen molar-refractivity contribution in [1.82, 2.24) is 0 Å². The van der Waals surface area contributed by atoms with Crippen molar-refractivity contribution in [1.29, 1.82) is 0 Å². The molecular formula is C15H19N3O. The van der Waals surface area contributed by atoms with Crippen molar-refractivity contribution < 1.29 is 4.84 Å². The maximum absolute atomic E-state index is 5.68. The number of azo groups is 1. The van der Waals surface area contributed by atoms with Gasteiger partial charge in [-0.2, -0.15) is 10.2 Å². The Morgan fingerprint density at radius 1 is 0.895 bits per heavy atom. The second-order valence-electron chi connectivity index (χ2n) is 7.59. The molecule has 4 aliphatic carbocycles. The van der Waals surface area contributed by atoms with Crippen LogP contribution >= 0.6 is 0 Å². The van der Waals surface area contributed by atoms with E-state index in [2.05, 4.69) is 11.4 Å². The van der Waals surface area contributed by atoms with E-state index >= 15 is 0 Å². The molecule has 4 heteroatoms. The Bertz CT molecular complexity index is 504. The molecule has 10 atom stereocenters. The van der Waals surface area contributed by atoms with Gasteiger partial charge in [-0.25, -0.2) is 0 Å². The van der Waals surface area contributed by atoms with Crippen molar-refractivity contribution in [3.63, 3.8) is 0 Å². The van der Waals surface area contributed by atoms with E-state index in [0.29, 0.717) is 24.1 Å². The van der Waals surface area contributed by atoms with Crippen LogP contribution in [0.5, 0.6) is 0 Å². The fourth-order valence-electron chi connectivity index (χ4n) is 6.89. The minimum atomic E-state index is 0.389. The third kappa shape index (κ3) is 0.944. The molecule has 0 spiro atoms. The molecule has 100 valence electrons. The predicted molar refractivity (Wildman–Crippen MR) is 68.7 cm³/mol. The minimum absolute atomic E-state index is 0.389. The molecule has 19 heavy (non-hydrogen) atoms. The van der Waals surface area contributed by atoms with E-state index in [9.17, 15) is 0 Å². The molecule has 0 aromatic carbocycles. The van der Waals surface area contributed by atoms with Gasteiger partial charge in [-0.05, 0) is 48.9 Å². The minimum Gasteiger partial charge on any atom is -0.392 e. The molecule has 0 N–H and O–H groups in total. The highest BCUT2D eigenvalue weighted by molar-refractivity contribution is 5.64. The van der Waals surface area contributed by atoms with E-state index in [4.69, 9.17) is 15.1 Å². The number of oxime groups is 1. The lowest BCUT2D eigenvalue weighted by atomic mass is 9.56. The molecule has 0 radical (unpaired) electrons. The molecule has 4 bridgehead atoms. The van der Waals surface area contributed by atoms with Crippen molar-refractivity contribution in [3.8, 4) is 0 Å². The summed E-state index contributed by atoms with van der Waals surface area (Å²) < 4.78 is 0. The largest absolute Gasteiger partial charge is 0.392 e. The average Bonchev–Trinajstić information content (AvgIpc) is 3.20. The Morgan fingerprint density at radius 2 is 1.63 bits per heavy atom. The number of hydrogen-bond acceptors (Lipinski definition) is 4. The highest BCUT2D eigenvalue weighted by atomic mass is 16.6. The van der Waals surface area contributed by atoms with E-state index in [1.807, 2.05) is 0 Å². The molecule has 4 nitrogen and oxygen atoms in total. The summed E-state index contributed by atoms with van der Waals surface area (Å²) in [5.74, 6) is 5.40. The summed E-state index contributed by atoms with van der Waals surface area (Å²) in [6, 6.07) is 1.08. The Balaban J connectivity index is 1.48. The van der Waals surface area contributed by atoms with Crippen LogP contribution in [-0.2, 0) is 4.84 Å². The van der Waals surface area contributed by atoms with Gasteiger partial charge >= 0.3 is 0 Å². The van der Waals surface area contributed by atoms with Gasteiger partial charge < -0.3 is 4.84 Å². The fraction of sp³-hybridized carbons (Fsp3) is 0.933. The molecule has 4 fully saturated rings. The zero-order valence-corrected chi connectivity index (χ0v) is 10.9. The number of rotatable bonds is 0. The highest BCUT2D eigenvalue weighted by Crippen LogP contribution is 2.67. The van der Waals surface area contributed by atoms with Crippen LogP contribution in [0.1, 0.15) is 25.7 Å². The van der Waals surface area contributed by atoms with E-state index in [1.165, 1.54) is 25.7 Å². The third-order valence-corrected chi connectivity index (χ3v) is 7.31. The van der Waals surface area contributed by atoms with Crippen molar-refractivity contribution in [2.75, 3.05) is 0 Å². The van der Waals surface area contributed by atoms with Crippen LogP contribution in [0.15, 0.2) is 15.4 Å². The van der Waals surface area contributed by atoms with Gasteiger partial charge in [0.15, 0.2) is 0 Å². The molecule has 7 aliphatic rings. The Hall–Kier alpha value is -0.930. The van der Waals surface area contributed by atoms with Gasteiger partial charge in [0.2, 0.25) is 0 Å². The van der Waals surface area contributed by atoms with E-state index < -0.39 is 0 Å². The van der Waals surface area contributed by atoms with Crippen molar-refractivity contribution in [2.24, 2.45) is 56.8 Å². The van der Waals surface area contributed by atoms with E-state index in [0.717, 1.165) is 35.5 Å². The Morgan fingerprint density at radius 3 is 2.42 bits per heavy atom. The lowest BCUT2D eigenvalue weighted by molar-refractivity contribution is -0.0655. The van der Waals surface area contributed by atoms with Gasteiger partial charge in [-0.15, -0.1) is 0 Å². The topological polar surface area (TPSA) is 46.3 Å². The summed E-state index contributed by atoms with van der Waals surface area (Å²) in [6.07, 6.45) is 8.06. The molecule has 0 aromatic rings. The van der Waals surface area contributed by atoms with Gasteiger partial charge in [0, 0.05) is 11.8 Å². The summed E-state index contributed by atoms with van der Waals surface area (Å²) in [7, 11) is 0. The molecule has 3 heterocycles. The zero-order chi connectivity index (χ0) is 12.1. The SMILES string of the molecule is C1=NO[C@@H]2[C@@H]1[C@H]1C[C@H]2[C@@H]2[C@H]3N=N[C@@H]([C@@H]4CCC[C@H]43)[C@H]12. The standard InChI is InChI=1S/C15H19N3O/c1-2-6-7(3-1)14-12-9-4-8(10-5-16-19-15(9)10)11(12)13(6)17-18-14/h5-15H,1-4H2/t6-,7-,8-,9+,10+,11-,12+,13+,14+,15+/m1/s1. The first-order valence-electron chi connectivity index (χ1n) is 8.03. The quantitative estimate of drug-likeness (QED) is 0.657. The molecule has 7 rings (SSSR count). The van der Waals surface area contributed by atoms with Crippen molar-refractivity contribution >= 4 is 6.21 Å². The van der Waals surface area contributed by atoms with Crippen molar-refractivity contribution in [2.45, 2.75) is 43.9 Å². The fourth-order valence-corrected chi connectivity index (χ4v) is 6.89. The maximum atomic E-state index is 5.68. The molecular weight excluding hydrogens is 238 g/mol. The van der Waals surface area contributed by atoms with E-state index in [1.54, 1.807) is 0 Å². The molecule has 0 unspecified atom stereocenters. The molecule has 4 saturated carbocycles. The van der Waals surface area contributed by atoms with E-state index in [-0.39, 0.29) is 0 Å². The molecule has 3 aliphatic heterocycles. The number of nitrogens with zero attached hydrogens (tertiary/aromatic N) is 3. The second-order valence-corrected chi connectivity index (χ2v) is 7.59. The van der Waals surface area contributed by atoms with Crippen LogP contribution in [0.25, 0.3) is 0 Å². The molecule has 0 amide bonds. The monoisotopic (exact) mass is 257 g/mol. The van der Waals surface area contributed by atoms with Crippen molar-refractivity contribution in [3.05, 3.63) is 0 Å². The first-order chi connectivity index (χ1) is 9.43. The summed E-state index contributed by atoms with van der Waals surface area (Å²) in [4.78, 5) is 5.68. The van der Waals surface area contributed by atoms with Gasteiger partial charge in [0.05, 0.1) is 18.3 Å². The van der Waals surface area contributed by atoms with Crippen LogP contribution in [0, 0.1) is 41.4 Å². The van der Waals surface area contributed by atoms with Gasteiger partial charge in [0.1, 0.15) is 6.10 Å². The zero-order valence-electron chi connectivity index (χ0n) is 10.9. The summed E-state index contributed by atoms with van der Waals surface area (Å²) in [5.41, 5.74) is 0. The average molecular weight is 257 g/mol. The first kappa shape index (κ1) is 9.89. The van der Waals surface area contributed by atoms with Gasteiger partial charge in [-0.3, -0.25) is 0 Å². The lowest BCUT2D eigenvalue weighted by Gasteiger charge is -2.52. The van der Waals surface area contributed by atoms with Crippen LogP contribution < -0.4 is 0 Å². The molecule has 0 aromatic heterocycles. The first-order valence-corrected chi connectivity index (χ1v) is 8.03. The summed E-state index contributed by atoms with van der Waals surface area (Å²) in [5, 5.41) is 13.6. The highest BCUT2D eigenvalue weighted by Gasteiger charge is 2.69. The predicted octanol–water partition coefficient (Wildman–Crippen LogP) is 2.50. The summed E-state index contributed by atoms with van der Waals surface area (Å²) >= 11 is 0. The summed E-state index contributed by atoms with van der Waals surface area (Å²) in [6.45, 7) is 0. The van der Waals surface area contributed by atoms with Crippen LogP contribution in [-0.4, -0.2) is 24.4 Å². The van der Waals surface area contributed by atoms with Crippen LogP contribution in [0.4, 0.5) is 0 Å². The number of fused-ring (bicyclic) bond motifs is 5. The smallest absolute Gasteiger partial charge is 0.138 e. The Labute approximate surface area is 112 Å². The van der Waals surface area contributed by atoms with Gasteiger partial charge in [-0.1, -0.05) is 11.6 Å². The second kappa shape index (κ2) is 3.04. The van der Waals surface area contributed by atoms with Crippen LogP contribution in [0.3, 0.4) is 0 Å². The third-order valence-electron chi connectivity index (χ3n) is 7.31. The Kier molecular flexibility index (Phi) is 1.58. The van der Waals surface area contributed by atoms with Gasteiger partial charge in [0.25, 0.3) is 0 Å². The lowest BCUT2D eigenvalue weighted by Crippen LogP contribution is -2.57. The number of hydrogen-bond donors (Lipinski definition) is 0. The molecule has 0 saturated heterocycles.